The third-order valence-electron chi connectivity index (χ3n) is 3.69. The highest BCUT2D eigenvalue weighted by Gasteiger charge is 2.21. The summed E-state index contributed by atoms with van der Waals surface area (Å²) in [4.78, 5) is 24.5. The highest BCUT2D eigenvalue weighted by atomic mass is 16.4. The van der Waals surface area contributed by atoms with Gasteiger partial charge in [0.05, 0.1) is 5.52 Å². The zero-order valence-electron chi connectivity index (χ0n) is 12.4. The number of nitrogens with one attached hydrogen (secondary N) is 1. The molecule has 0 spiro atoms. The van der Waals surface area contributed by atoms with Crippen molar-refractivity contribution >= 4 is 22.7 Å². The largest absolute Gasteiger partial charge is 0.420 e. The number of anilines is 1. The molecule has 1 atom stereocenters. The minimum Gasteiger partial charge on any atom is -0.408 e. The van der Waals surface area contributed by atoms with E-state index in [1.807, 2.05) is 31.2 Å². The van der Waals surface area contributed by atoms with Crippen molar-refractivity contribution in [3.8, 4) is 0 Å². The molecule has 0 aliphatic rings. The Morgan fingerprint density at radius 2 is 1.82 bits per heavy atom. The second-order valence-electron chi connectivity index (χ2n) is 5.19. The lowest BCUT2D eigenvalue weighted by Gasteiger charge is -2.14. The van der Waals surface area contributed by atoms with E-state index >= 15 is 0 Å². The van der Waals surface area contributed by atoms with E-state index in [4.69, 9.17) is 4.42 Å². The number of hydrogen-bond donors (Lipinski definition) is 1. The van der Waals surface area contributed by atoms with Gasteiger partial charge in [-0.25, -0.2) is 4.79 Å². The zero-order chi connectivity index (χ0) is 15.7. The highest BCUT2D eigenvalue weighted by molar-refractivity contribution is 5.95. The van der Waals surface area contributed by atoms with Crippen molar-refractivity contribution in [2.24, 2.45) is 0 Å². The van der Waals surface area contributed by atoms with Crippen molar-refractivity contribution in [2.75, 3.05) is 5.32 Å². The fourth-order valence-corrected chi connectivity index (χ4v) is 2.42. The fourth-order valence-electron chi connectivity index (χ4n) is 2.42. The van der Waals surface area contributed by atoms with Crippen LogP contribution in [0.2, 0.25) is 0 Å². The Hall–Kier alpha value is -2.82. The average molecular weight is 296 g/mol. The number of fused-ring (bicyclic) bond motifs is 1. The molecule has 0 radical (unpaired) electrons. The second kappa shape index (κ2) is 5.52. The van der Waals surface area contributed by atoms with Crippen molar-refractivity contribution in [1.29, 1.82) is 0 Å². The van der Waals surface area contributed by atoms with Crippen LogP contribution < -0.4 is 11.1 Å². The monoisotopic (exact) mass is 296 g/mol. The van der Waals surface area contributed by atoms with Gasteiger partial charge in [0.2, 0.25) is 5.91 Å². The maximum atomic E-state index is 12.4. The predicted octanol–water partition coefficient (Wildman–Crippen LogP) is 3.10. The molecule has 0 saturated carbocycles. The van der Waals surface area contributed by atoms with E-state index in [1.54, 1.807) is 31.2 Å². The van der Waals surface area contributed by atoms with Crippen LogP contribution >= 0.6 is 0 Å². The van der Waals surface area contributed by atoms with Crippen LogP contribution in [0.4, 0.5) is 5.69 Å². The van der Waals surface area contributed by atoms with E-state index in [9.17, 15) is 9.59 Å². The van der Waals surface area contributed by atoms with Crippen molar-refractivity contribution in [3.63, 3.8) is 0 Å². The van der Waals surface area contributed by atoms with Crippen LogP contribution in [0.15, 0.2) is 57.7 Å². The van der Waals surface area contributed by atoms with Gasteiger partial charge in [-0.15, -0.1) is 0 Å². The molecular formula is C17H16N2O3. The molecule has 0 unspecified atom stereocenters. The third-order valence-corrected chi connectivity index (χ3v) is 3.69. The molecular weight excluding hydrogens is 280 g/mol. The van der Waals surface area contributed by atoms with Crippen molar-refractivity contribution in [1.82, 2.24) is 4.57 Å². The molecule has 1 aromatic heterocycles. The number of hydrogen-bond acceptors (Lipinski definition) is 3. The first-order valence-electron chi connectivity index (χ1n) is 7.04. The first kappa shape index (κ1) is 14.1. The molecule has 0 aliphatic heterocycles. The Morgan fingerprint density at radius 3 is 2.59 bits per heavy atom. The smallest absolute Gasteiger partial charge is 0.408 e. The number of amides is 1. The molecule has 5 nitrogen and oxygen atoms in total. The van der Waals surface area contributed by atoms with Gasteiger partial charge in [0.15, 0.2) is 5.58 Å². The van der Waals surface area contributed by atoms with Gasteiger partial charge in [0.1, 0.15) is 6.04 Å². The number of nitrogens with zero attached hydrogens (tertiary/aromatic N) is 1. The minimum atomic E-state index is -0.671. The Kier molecular flexibility index (Phi) is 3.55. The molecule has 3 rings (SSSR count). The van der Waals surface area contributed by atoms with Crippen LogP contribution in [-0.4, -0.2) is 10.5 Å². The lowest BCUT2D eigenvalue weighted by atomic mass is 10.2. The molecule has 112 valence electrons. The molecule has 2 aromatic carbocycles. The number of rotatable bonds is 3. The summed E-state index contributed by atoms with van der Waals surface area (Å²) in [7, 11) is 0. The molecule has 0 aliphatic carbocycles. The summed E-state index contributed by atoms with van der Waals surface area (Å²) in [5.74, 6) is -0.795. The lowest BCUT2D eigenvalue weighted by Crippen LogP contribution is -2.29. The molecule has 0 bridgehead atoms. The van der Waals surface area contributed by atoms with E-state index in [2.05, 4.69) is 5.32 Å². The van der Waals surface area contributed by atoms with Gasteiger partial charge in [-0.2, -0.15) is 0 Å². The first-order valence-corrected chi connectivity index (χ1v) is 7.04. The van der Waals surface area contributed by atoms with Gasteiger partial charge in [-0.3, -0.25) is 9.36 Å². The topological polar surface area (TPSA) is 64.2 Å². The summed E-state index contributed by atoms with van der Waals surface area (Å²) < 4.78 is 6.54. The molecule has 5 heteroatoms. The van der Waals surface area contributed by atoms with E-state index in [-0.39, 0.29) is 5.91 Å². The number of carbonyl (C=O) groups is 1. The molecule has 3 aromatic rings. The van der Waals surface area contributed by atoms with Crippen LogP contribution in [0.3, 0.4) is 0 Å². The number of carbonyl (C=O) groups excluding carboxylic acids is 1. The van der Waals surface area contributed by atoms with Crippen LogP contribution in [0, 0.1) is 6.92 Å². The second-order valence-corrected chi connectivity index (χ2v) is 5.19. The minimum absolute atomic E-state index is 0.261. The van der Waals surface area contributed by atoms with Crippen LogP contribution in [0.5, 0.6) is 0 Å². The third kappa shape index (κ3) is 2.41. The number of aromatic nitrogens is 1. The van der Waals surface area contributed by atoms with Gasteiger partial charge < -0.3 is 9.73 Å². The van der Waals surface area contributed by atoms with Crippen molar-refractivity contribution < 1.29 is 9.21 Å². The quantitative estimate of drug-likeness (QED) is 0.807. The Morgan fingerprint density at radius 1 is 1.14 bits per heavy atom. The van der Waals surface area contributed by atoms with Crippen LogP contribution in [-0.2, 0) is 4.79 Å². The van der Waals surface area contributed by atoms with E-state index in [1.165, 1.54) is 4.57 Å². The van der Waals surface area contributed by atoms with Gasteiger partial charge in [0.25, 0.3) is 0 Å². The number of para-hydroxylation sites is 3. The number of aryl methyl sites for hydroxylation is 1. The Labute approximate surface area is 127 Å². The van der Waals surface area contributed by atoms with Crippen molar-refractivity contribution in [2.45, 2.75) is 19.9 Å². The normalized spacial score (nSPS) is 12.3. The van der Waals surface area contributed by atoms with E-state index < -0.39 is 11.8 Å². The highest BCUT2D eigenvalue weighted by Crippen LogP contribution is 2.19. The van der Waals surface area contributed by atoms with E-state index in [0.717, 1.165) is 11.3 Å². The summed E-state index contributed by atoms with van der Waals surface area (Å²) in [5, 5.41) is 2.85. The number of benzene rings is 2. The van der Waals surface area contributed by atoms with Crippen LogP contribution in [0.25, 0.3) is 11.1 Å². The lowest BCUT2D eigenvalue weighted by molar-refractivity contribution is -0.118. The molecule has 1 amide bonds. The summed E-state index contributed by atoms with van der Waals surface area (Å²) in [6.07, 6.45) is 0. The van der Waals surface area contributed by atoms with Gasteiger partial charge in [0, 0.05) is 5.69 Å². The molecule has 0 saturated heterocycles. The SMILES string of the molecule is Cc1ccccc1NC(=O)[C@H](C)n1c(=O)oc2ccccc21. The molecule has 0 fully saturated rings. The standard InChI is InChI=1S/C17H16N2O3/c1-11-7-3-4-8-13(11)18-16(20)12(2)19-14-9-5-6-10-15(14)22-17(19)21/h3-10,12H,1-2H3,(H,18,20)/t12-/m0/s1. The summed E-state index contributed by atoms with van der Waals surface area (Å²) >= 11 is 0. The Bertz CT molecular complexity index is 892. The summed E-state index contributed by atoms with van der Waals surface area (Å²) in [6, 6.07) is 13.9. The summed E-state index contributed by atoms with van der Waals surface area (Å²) in [6.45, 7) is 3.59. The van der Waals surface area contributed by atoms with Crippen molar-refractivity contribution in [3.05, 3.63) is 64.6 Å². The van der Waals surface area contributed by atoms with Gasteiger partial charge in [-0.05, 0) is 37.6 Å². The van der Waals surface area contributed by atoms with Crippen LogP contribution in [0.1, 0.15) is 18.5 Å². The molecule has 22 heavy (non-hydrogen) atoms. The first-order chi connectivity index (χ1) is 10.6. The maximum Gasteiger partial charge on any atom is 0.420 e. The van der Waals surface area contributed by atoms with E-state index in [0.29, 0.717) is 11.1 Å². The average Bonchev–Trinajstić information content (AvgIpc) is 2.84. The maximum absolute atomic E-state index is 12.4. The predicted molar refractivity (Wildman–Crippen MR) is 85.0 cm³/mol. The molecule has 1 N–H and O–H groups in total. The van der Waals surface area contributed by atoms with Gasteiger partial charge in [-0.1, -0.05) is 30.3 Å². The zero-order valence-corrected chi connectivity index (χ0v) is 12.4. The molecule has 1 heterocycles. The Balaban J connectivity index is 1.94. The fraction of sp³-hybridized carbons (Fsp3) is 0.176. The summed E-state index contributed by atoms with van der Waals surface area (Å²) in [5.41, 5.74) is 2.79. The van der Waals surface area contributed by atoms with Gasteiger partial charge >= 0.3 is 5.76 Å². The number of oxazole rings is 1.